The molecule has 2 amide bonds. The highest BCUT2D eigenvalue weighted by Crippen LogP contribution is 2.42. The molecule has 12 heteroatoms. The molecule has 0 unspecified atom stereocenters. The van der Waals surface area contributed by atoms with Crippen molar-refractivity contribution in [1.29, 1.82) is 0 Å². The van der Waals surface area contributed by atoms with Crippen LogP contribution in [-0.2, 0) is 16.0 Å². The van der Waals surface area contributed by atoms with Gasteiger partial charge >= 0.3 is 0 Å². The van der Waals surface area contributed by atoms with Crippen LogP contribution in [0.2, 0.25) is 0 Å². The number of rotatable bonds is 7. The minimum absolute atomic E-state index is 0.00220. The van der Waals surface area contributed by atoms with Crippen LogP contribution in [0.1, 0.15) is 47.3 Å². The molecule has 3 aromatic rings. The van der Waals surface area contributed by atoms with Gasteiger partial charge < -0.3 is 20.3 Å². The van der Waals surface area contributed by atoms with Gasteiger partial charge in [0, 0.05) is 76.2 Å². The van der Waals surface area contributed by atoms with E-state index < -0.39 is 11.7 Å². The Morgan fingerprint density at radius 3 is 2.26 bits per heavy atom. The molecule has 8 rings (SSSR count). The lowest BCUT2D eigenvalue weighted by molar-refractivity contribution is -0.165. The van der Waals surface area contributed by atoms with Crippen LogP contribution >= 0.6 is 0 Å². The van der Waals surface area contributed by atoms with Crippen LogP contribution in [0, 0.1) is 5.82 Å². The fourth-order valence-electron chi connectivity index (χ4n) is 7.47. The molecule has 4 aliphatic heterocycles. The Kier molecular flexibility index (Phi) is 8.39. The highest BCUT2D eigenvalue weighted by Gasteiger charge is 2.48. The number of hydrogen-bond donors (Lipinski definition) is 2. The van der Waals surface area contributed by atoms with E-state index >= 15 is 0 Å². The average molecular weight is 632 g/mol. The van der Waals surface area contributed by atoms with Crippen LogP contribution in [0.15, 0.2) is 47.3 Å². The minimum Gasteiger partial charge on any atom is -0.372 e. The molecular formula is C34H42FN7O4. The van der Waals surface area contributed by atoms with Crippen LogP contribution in [-0.4, -0.2) is 125 Å². The number of aromatic amines is 1. The van der Waals surface area contributed by atoms with Crippen LogP contribution < -0.4 is 11.3 Å². The molecule has 0 spiro atoms. The quantitative estimate of drug-likeness (QED) is 0.403. The number of H-pyrrole nitrogens is 1. The highest BCUT2D eigenvalue weighted by molar-refractivity contribution is 5.95. The lowest BCUT2D eigenvalue weighted by Gasteiger charge is -2.53. The Morgan fingerprint density at radius 1 is 0.891 bits per heavy atom. The van der Waals surface area contributed by atoms with E-state index in [-0.39, 0.29) is 28.2 Å². The minimum atomic E-state index is -0.587. The SMILES string of the molecule is NC12CCC(CN3CCN(CC(=O)N4CCN(C(=O)c5cc(Cc6n[nH]c(=O)c7ccccc67)ccc5F)CC4)CC3)(CC1)OC2. The van der Waals surface area contributed by atoms with Gasteiger partial charge in [-0.05, 0) is 49.4 Å². The Bertz CT molecular complexity index is 1650. The van der Waals surface area contributed by atoms with E-state index in [1.807, 2.05) is 17.0 Å². The number of amides is 2. The van der Waals surface area contributed by atoms with Crippen molar-refractivity contribution in [3.8, 4) is 0 Å². The van der Waals surface area contributed by atoms with Crippen LogP contribution in [0.3, 0.4) is 0 Å². The van der Waals surface area contributed by atoms with Gasteiger partial charge in [-0.1, -0.05) is 24.3 Å². The first-order valence-corrected chi connectivity index (χ1v) is 16.4. The second-order valence-corrected chi connectivity index (χ2v) is 13.6. The van der Waals surface area contributed by atoms with Crippen molar-refractivity contribution >= 4 is 22.6 Å². The molecule has 5 fully saturated rings. The predicted octanol–water partition coefficient (Wildman–Crippen LogP) is 1.60. The summed E-state index contributed by atoms with van der Waals surface area (Å²) in [6.07, 6.45) is 4.46. The second-order valence-electron chi connectivity index (χ2n) is 13.6. The zero-order valence-corrected chi connectivity index (χ0v) is 26.2. The maximum atomic E-state index is 14.9. The number of benzene rings is 2. The summed E-state index contributed by atoms with van der Waals surface area (Å²) in [5, 5.41) is 7.99. The van der Waals surface area contributed by atoms with Gasteiger partial charge in [-0.2, -0.15) is 5.10 Å². The fourth-order valence-corrected chi connectivity index (χ4v) is 7.47. The zero-order chi connectivity index (χ0) is 31.9. The third-order valence-electron chi connectivity index (χ3n) is 10.5. The number of aromatic nitrogens is 2. The van der Waals surface area contributed by atoms with Crippen molar-refractivity contribution < 1.29 is 18.7 Å². The number of nitrogens with two attached hydrogens (primary N) is 1. The summed E-state index contributed by atoms with van der Waals surface area (Å²) >= 11 is 0. The highest BCUT2D eigenvalue weighted by atomic mass is 19.1. The van der Waals surface area contributed by atoms with Gasteiger partial charge in [0.1, 0.15) is 5.82 Å². The van der Waals surface area contributed by atoms with E-state index in [0.717, 1.165) is 63.8 Å². The second kappa shape index (κ2) is 12.5. The first-order chi connectivity index (χ1) is 22.2. The Hall–Kier alpha value is -3.71. The Morgan fingerprint density at radius 2 is 1.57 bits per heavy atom. The van der Waals surface area contributed by atoms with E-state index in [1.165, 1.54) is 6.07 Å². The summed E-state index contributed by atoms with van der Waals surface area (Å²) in [7, 11) is 0. The number of halogens is 1. The van der Waals surface area contributed by atoms with Gasteiger partial charge in [-0.3, -0.25) is 24.2 Å². The van der Waals surface area contributed by atoms with E-state index in [4.69, 9.17) is 10.5 Å². The number of nitrogens with zero attached hydrogens (tertiary/aromatic N) is 5. The first kappa shape index (κ1) is 30.9. The summed E-state index contributed by atoms with van der Waals surface area (Å²) in [5.41, 5.74) is 7.29. The van der Waals surface area contributed by atoms with Gasteiger partial charge in [0.25, 0.3) is 11.5 Å². The molecule has 0 radical (unpaired) electrons. The molecule has 1 aromatic heterocycles. The summed E-state index contributed by atoms with van der Waals surface area (Å²) in [4.78, 5) is 46.8. The number of nitrogens with one attached hydrogen (secondary N) is 1. The maximum Gasteiger partial charge on any atom is 0.272 e. The number of hydrogen-bond acceptors (Lipinski definition) is 8. The summed E-state index contributed by atoms with van der Waals surface area (Å²) in [6, 6.07) is 11.7. The first-order valence-electron chi connectivity index (χ1n) is 16.4. The van der Waals surface area contributed by atoms with E-state index in [9.17, 15) is 18.8 Å². The topological polar surface area (TPSA) is 128 Å². The van der Waals surface area contributed by atoms with Crippen molar-refractivity contribution in [3.05, 3.63) is 75.5 Å². The van der Waals surface area contributed by atoms with Crippen LogP contribution in [0.5, 0.6) is 0 Å². The van der Waals surface area contributed by atoms with Gasteiger partial charge in [-0.25, -0.2) is 9.49 Å². The number of piperazine rings is 2. The standard InChI is InChI=1S/C34H42FN7O4/c35-28-6-5-24(20-29-25-3-1-2-4-26(25)31(44)38-37-29)19-27(28)32(45)42-17-15-41(16-18-42)30(43)21-39-11-13-40(14-12-39)22-34-9-7-33(36,8-10-34)23-46-34/h1-6,19H,7-18,20-23,36H2,(H,38,44). The van der Waals surface area contributed by atoms with Crippen LogP contribution in [0.4, 0.5) is 4.39 Å². The molecule has 2 aromatic carbocycles. The molecule has 5 heterocycles. The summed E-state index contributed by atoms with van der Waals surface area (Å²) < 4.78 is 21.2. The van der Waals surface area contributed by atoms with Crippen molar-refractivity contribution in [2.24, 2.45) is 5.73 Å². The normalized spacial score (nSPS) is 25.7. The lowest BCUT2D eigenvalue weighted by atomic mass is 9.71. The average Bonchev–Trinajstić information content (AvgIpc) is 3.08. The number of ether oxygens (including phenoxy) is 1. The van der Waals surface area contributed by atoms with Crippen molar-refractivity contribution in [2.45, 2.75) is 43.2 Å². The molecule has 5 aliphatic rings. The molecule has 2 bridgehead atoms. The Labute approximate surface area is 267 Å². The van der Waals surface area contributed by atoms with Crippen molar-refractivity contribution in [3.63, 3.8) is 0 Å². The Balaban J connectivity index is 0.898. The third kappa shape index (κ3) is 6.31. The lowest BCUT2D eigenvalue weighted by Crippen LogP contribution is -2.63. The third-order valence-corrected chi connectivity index (χ3v) is 10.5. The smallest absolute Gasteiger partial charge is 0.272 e. The molecule has 244 valence electrons. The zero-order valence-electron chi connectivity index (χ0n) is 26.2. The monoisotopic (exact) mass is 631 g/mol. The van der Waals surface area contributed by atoms with E-state index in [0.29, 0.717) is 62.4 Å². The molecule has 46 heavy (non-hydrogen) atoms. The number of carbonyl (C=O) groups is 2. The molecular weight excluding hydrogens is 589 g/mol. The number of carbonyl (C=O) groups excluding carboxylic acids is 2. The molecule has 1 aliphatic carbocycles. The van der Waals surface area contributed by atoms with Crippen molar-refractivity contribution in [1.82, 2.24) is 29.8 Å². The molecule has 0 atom stereocenters. The van der Waals surface area contributed by atoms with Gasteiger partial charge in [-0.15, -0.1) is 0 Å². The van der Waals surface area contributed by atoms with Gasteiger partial charge in [0.2, 0.25) is 5.91 Å². The van der Waals surface area contributed by atoms with E-state index in [1.54, 1.807) is 29.2 Å². The summed E-state index contributed by atoms with van der Waals surface area (Å²) in [5.74, 6) is -0.912. The van der Waals surface area contributed by atoms with Gasteiger partial charge in [0.15, 0.2) is 0 Å². The molecule has 11 nitrogen and oxygen atoms in total. The van der Waals surface area contributed by atoms with E-state index in [2.05, 4.69) is 20.0 Å². The van der Waals surface area contributed by atoms with Gasteiger partial charge in [0.05, 0.1) is 35.4 Å². The maximum absolute atomic E-state index is 14.9. The summed E-state index contributed by atoms with van der Waals surface area (Å²) in [6.45, 7) is 6.98. The molecule has 4 saturated heterocycles. The largest absolute Gasteiger partial charge is 0.372 e. The number of fused-ring (bicyclic) bond motifs is 4. The molecule has 3 N–H and O–H groups in total. The predicted molar refractivity (Wildman–Crippen MR) is 171 cm³/mol. The van der Waals surface area contributed by atoms with Crippen molar-refractivity contribution in [2.75, 3.05) is 72.1 Å². The van der Waals surface area contributed by atoms with Crippen LogP contribution in [0.25, 0.3) is 10.8 Å². The fraction of sp³-hybridized carbons (Fsp3) is 0.529. The molecule has 1 saturated carbocycles.